The lowest BCUT2D eigenvalue weighted by atomic mass is 10.4. The first-order valence-corrected chi connectivity index (χ1v) is 6.29. The van der Waals surface area contributed by atoms with E-state index in [0.717, 1.165) is 17.0 Å². The number of pyridine rings is 1. The summed E-state index contributed by atoms with van der Waals surface area (Å²) in [6.45, 7) is 0. The summed E-state index contributed by atoms with van der Waals surface area (Å²) in [6.07, 6.45) is 4.13. The maximum atomic E-state index is 5.84. The maximum absolute atomic E-state index is 5.84. The molecule has 18 heavy (non-hydrogen) atoms. The molecule has 0 aliphatic heterocycles. The van der Waals surface area contributed by atoms with Crippen molar-refractivity contribution in [1.29, 1.82) is 0 Å². The minimum Gasteiger partial charge on any atom is -0.441 e. The second kappa shape index (κ2) is 3.59. The van der Waals surface area contributed by atoms with Gasteiger partial charge in [0.1, 0.15) is 5.52 Å². The van der Waals surface area contributed by atoms with Gasteiger partial charge in [-0.05, 0) is 48.7 Å². The van der Waals surface area contributed by atoms with Gasteiger partial charge in [0.25, 0.3) is 0 Å². The minimum absolute atomic E-state index is 0.382. The van der Waals surface area contributed by atoms with Crippen LogP contribution in [-0.2, 0) is 0 Å². The lowest BCUT2D eigenvalue weighted by molar-refractivity contribution is 0.572. The number of hydrogen-bond acceptors (Lipinski definition) is 3. The standard InChI is InChI=1S/C13H10ClN3O/c14-11-6-5-10(18-11)13-16-9-2-1-7-15-12(9)17(13)8-3-4-8/h1-2,5-8H,3-4H2. The van der Waals surface area contributed by atoms with Gasteiger partial charge in [0.15, 0.2) is 22.5 Å². The zero-order valence-corrected chi connectivity index (χ0v) is 10.3. The number of aromatic nitrogens is 3. The topological polar surface area (TPSA) is 43.9 Å². The summed E-state index contributed by atoms with van der Waals surface area (Å²) in [5.41, 5.74) is 1.81. The van der Waals surface area contributed by atoms with Gasteiger partial charge in [-0.1, -0.05) is 0 Å². The summed E-state index contributed by atoms with van der Waals surface area (Å²) >= 11 is 5.84. The molecule has 0 radical (unpaired) electrons. The molecular weight excluding hydrogens is 250 g/mol. The molecule has 0 amide bonds. The Hall–Kier alpha value is -1.81. The van der Waals surface area contributed by atoms with E-state index in [1.165, 1.54) is 12.8 Å². The molecule has 3 aromatic heterocycles. The summed E-state index contributed by atoms with van der Waals surface area (Å²) in [5.74, 6) is 1.52. The van der Waals surface area contributed by atoms with Crippen LogP contribution in [0.3, 0.4) is 0 Å². The van der Waals surface area contributed by atoms with E-state index in [-0.39, 0.29) is 0 Å². The van der Waals surface area contributed by atoms with Crippen LogP contribution in [0.1, 0.15) is 18.9 Å². The molecule has 4 rings (SSSR count). The molecule has 0 saturated heterocycles. The fraction of sp³-hybridized carbons (Fsp3) is 0.231. The van der Waals surface area contributed by atoms with E-state index in [4.69, 9.17) is 16.0 Å². The monoisotopic (exact) mass is 259 g/mol. The molecule has 1 fully saturated rings. The minimum atomic E-state index is 0.382. The molecule has 0 atom stereocenters. The molecule has 0 aromatic carbocycles. The largest absolute Gasteiger partial charge is 0.441 e. The average molecular weight is 260 g/mol. The van der Waals surface area contributed by atoms with Crippen LogP contribution in [0.5, 0.6) is 0 Å². The maximum Gasteiger partial charge on any atom is 0.194 e. The zero-order valence-electron chi connectivity index (χ0n) is 9.51. The molecule has 90 valence electrons. The normalized spacial score (nSPS) is 15.4. The SMILES string of the molecule is Clc1ccc(-c2nc3cccnc3n2C2CC2)o1. The van der Waals surface area contributed by atoms with Crippen LogP contribution in [0.15, 0.2) is 34.9 Å². The summed E-state index contributed by atoms with van der Waals surface area (Å²) in [5, 5.41) is 0.382. The molecule has 1 aliphatic rings. The van der Waals surface area contributed by atoms with Crippen LogP contribution in [0, 0.1) is 0 Å². The number of halogens is 1. The Labute approximate surface area is 108 Å². The van der Waals surface area contributed by atoms with Gasteiger partial charge in [-0.2, -0.15) is 0 Å². The molecule has 4 nitrogen and oxygen atoms in total. The quantitative estimate of drug-likeness (QED) is 0.705. The van der Waals surface area contributed by atoms with Gasteiger partial charge in [0.05, 0.1) is 0 Å². The predicted molar refractivity (Wildman–Crippen MR) is 68.5 cm³/mol. The van der Waals surface area contributed by atoms with Gasteiger partial charge in [-0.25, -0.2) is 9.97 Å². The van der Waals surface area contributed by atoms with Crippen molar-refractivity contribution in [3.05, 3.63) is 35.7 Å². The predicted octanol–water partition coefficient (Wildman–Crippen LogP) is 3.68. The highest BCUT2D eigenvalue weighted by molar-refractivity contribution is 6.28. The summed E-state index contributed by atoms with van der Waals surface area (Å²) < 4.78 is 7.63. The molecule has 1 saturated carbocycles. The molecule has 1 aliphatic carbocycles. The molecule has 0 spiro atoms. The summed E-state index contributed by atoms with van der Waals surface area (Å²) in [4.78, 5) is 9.03. The summed E-state index contributed by atoms with van der Waals surface area (Å²) in [7, 11) is 0. The lowest BCUT2D eigenvalue weighted by Gasteiger charge is -2.03. The first-order valence-electron chi connectivity index (χ1n) is 5.91. The Balaban J connectivity index is 2.01. The first-order chi connectivity index (χ1) is 8.83. The Morgan fingerprint density at radius 1 is 1.28 bits per heavy atom. The Kier molecular flexibility index (Phi) is 2.02. The van der Waals surface area contributed by atoms with E-state index in [0.29, 0.717) is 17.0 Å². The van der Waals surface area contributed by atoms with E-state index < -0.39 is 0 Å². The van der Waals surface area contributed by atoms with E-state index >= 15 is 0 Å². The number of fused-ring (bicyclic) bond motifs is 1. The van der Waals surface area contributed by atoms with Crippen molar-refractivity contribution in [3.63, 3.8) is 0 Å². The van der Waals surface area contributed by atoms with E-state index in [9.17, 15) is 0 Å². The first kappa shape index (κ1) is 10.1. The van der Waals surface area contributed by atoms with Gasteiger partial charge in [-0.15, -0.1) is 0 Å². The van der Waals surface area contributed by atoms with Crippen molar-refractivity contribution in [1.82, 2.24) is 14.5 Å². The number of hydrogen-bond donors (Lipinski definition) is 0. The Morgan fingerprint density at radius 3 is 2.89 bits per heavy atom. The van der Waals surface area contributed by atoms with Crippen LogP contribution in [0.4, 0.5) is 0 Å². The van der Waals surface area contributed by atoms with Gasteiger partial charge >= 0.3 is 0 Å². The second-order valence-corrected chi connectivity index (χ2v) is 4.86. The van der Waals surface area contributed by atoms with Crippen LogP contribution < -0.4 is 0 Å². The second-order valence-electron chi connectivity index (χ2n) is 4.49. The van der Waals surface area contributed by atoms with Crippen molar-refractivity contribution in [2.75, 3.05) is 0 Å². The van der Waals surface area contributed by atoms with E-state index in [1.807, 2.05) is 18.2 Å². The zero-order chi connectivity index (χ0) is 12.1. The molecule has 0 bridgehead atoms. The number of nitrogens with zero attached hydrogens (tertiary/aromatic N) is 3. The lowest BCUT2D eigenvalue weighted by Crippen LogP contribution is -1.97. The number of imidazole rings is 1. The highest BCUT2D eigenvalue weighted by atomic mass is 35.5. The Morgan fingerprint density at radius 2 is 2.17 bits per heavy atom. The number of furan rings is 1. The highest BCUT2D eigenvalue weighted by Crippen LogP contribution is 2.41. The molecule has 3 aromatic rings. The summed E-state index contributed by atoms with van der Waals surface area (Å²) in [6, 6.07) is 7.94. The van der Waals surface area contributed by atoms with Crippen molar-refractivity contribution in [2.45, 2.75) is 18.9 Å². The van der Waals surface area contributed by atoms with Gasteiger partial charge in [-0.3, -0.25) is 0 Å². The fourth-order valence-electron chi connectivity index (χ4n) is 2.22. The van der Waals surface area contributed by atoms with Crippen molar-refractivity contribution in [2.24, 2.45) is 0 Å². The van der Waals surface area contributed by atoms with Crippen LogP contribution in [-0.4, -0.2) is 14.5 Å². The molecule has 5 heteroatoms. The number of rotatable bonds is 2. The van der Waals surface area contributed by atoms with Crippen molar-refractivity contribution in [3.8, 4) is 11.6 Å². The third-order valence-corrected chi connectivity index (χ3v) is 3.36. The molecule has 0 N–H and O–H groups in total. The van der Waals surface area contributed by atoms with Crippen LogP contribution in [0.25, 0.3) is 22.7 Å². The van der Waals surface area contributed by atoms with Crippen LogP contribution >= 0.6 is 11.6 Å². The molecular formula is C13H10ClN3O. The van der Waals surface area contributed by atoms with E-state index in [2.05, 4.69) is 14.5 Å². The van der Waals surface area contributed by atoms with Gasteiger partial charge in [0.2, 0.25) is 0 Å². The smallest absolute Gasteiger partial charge is 0.194 e. The van der Waals surface area contributed by atoms with Gasteiger partial charge < -0.3 is 8.98 Å². The molecule has 0 unspecified atom stereocenters. The third-order valence-electron chi connectivity index (χ3n) is 3.15. The Bertz CT molecular complexity index is 727. The molecule has 3 heterocycles. The third kappa shape index (κ3) is 1.46. The van der Waals surface area contributed by atoms with Crippen LogP contribution in [0.2, 0.25) is 5.22 Å². The van der Waals surface area contributed by atoms with E-state index in [1.54, 1.807) is 12.3 Å². The van der Waals surface area contributed by atoms with Gasteiger partial charge in [0, 0.05) is 12.2 Å². The van der Waals surface area contributed by atoms with Crippen molar-refractivity contribution >= 4 is 22.8 Å². The highest BCUT2D eigenvalue weighted by Gasteiger charge is 2.30. The van der Waals surface area contributed by atoms with Crippen molar-refractivity contribution < 1.29 is 4.42 Å². The fourth-order valence-corrected chi connectivity index (χ4v) is 2.36. The average Bonchev–Trinajstić information content (AvgIpc) is 3.00.